The number of likely N-dealkylation sites (tertiary alicyclic amines) is 1. The van der Waals surface area contributed by atoms with Crippen molar-refractivity contribution in [1.82, 2.24) is 10.2 Å². The molecule has 0 aromatic heterocycles. The fraction of sp³-hybridized carbons (Fsp3) is 0.500. The van der Waals surface area contributed by atoms with Crippen LogP contribution in [0, 0.1) is 5.92 Å². The maximum Gasteiger partial charge on any atom is 0.317 e. The Balaban J connectivity index is 1.86. The normalized spacial score (nSPS) is 18.1. The van der Waals surface area contributed by atoms with Gasteiger partial charge in [-0.1, -0.05) is 6.07 Å². The number of nitrogens with one attached hydrogen (secondary N) is 1. The van der Waals surface area contributed by atoms with Crippen molar-refractivity contribution >= 4 is 22.0 Å². The zero-order chi connectivity index (χ0) is 14.5. The van der Waals surface area contributed by atoms with Crippen LogP contribution in [0.1, 0.15) is 12.0 Å². The predicted octanol–water partition coefficient (Wildman–Crippen LogP) is 1.98. The Morgan fingerprint density at radius 3 is 3.00 bits per heavy atom. The second kappa shape index (κ2) is 6.95. The van der Waals surface area contributed by atoms with E-state index in [-0.39, 0.29) is 18.6 Å². The summed E-state index contributed by atoms with van der Waals surface area (Å²) < 4.78 is 6.03. The molecule has 20 heavy (non-hydrogen) atoms. The van der Waals surface area contributed by atoms with E-state index in [1.807, 2.05) is 18.2 Å². The highest BCUT2D eigenvalue weighted by Crippen LogP contribution is 2.25. The Kier molecular flexibility index (Phi) is 5.25. The Morgan fingerprint density at radius 2 is 2.40 bits per heavy atom. The molecule has 2 rings (SSSR count). The Morgan fingerprint density at radius 1 is 1.60 bits per heavy atom. The summed E-state index contributed by atoms with van der Waals surface area (Å²) in [7, 11) is 1.62. The molecule has 1 atom stereocenters. The molecule has 0 aliphatic carbocycles. The Labute approximate surface area is 127 Å². The van der Waals surface area contributed by atoms with Gasteiger partial charge in [-0.25, -0.2) is 4.79 Å². The minimum atomic E-state index is -0.0760. The van der Waals surface area contributed by atoms with E-state index in [4.69, 9.17) is 9.84 Å². The SMILES string of the molecule is COc1ccc(CNC(=O)N2CCC(CO)C2)cc1Br. The molecule has 1 saturated heterocycles. The molecule has 1 aliphatic rings. The lowest BCUT2D eigenvalue weighted by Gasteiger charge is -2.17. The minimum Gasteiger partial charge on any atom is -0.496 e. The molecular weight excluding hydrogens is 324 g/mol. The van der Waals surface area contributed by atoms with Gasteiger partial charge in [0.2, 0.25) is 0 Å². The van der Waals surface area contributed by atoms with Gasteiger partial charge in [-0.05, 0) is 40.0 Å². The van der Waals surface area contributed by atoms with E-state index in [9.17, 15) is 4.79 Å². The smallest absolute Gasteiger partial charge is 0.317 e. The number of amides is 2. The van der Waals surface area contributed by atoms with E-state index in [0.717, 1.165) is 22.2 Å². The number of methoxy groups -OCH3 is 1. The molecule has 5 nitrogen and oxygen atoms in total. The lowest BCUT2D eigenvalue weighted by atomic mass is 10.1. The van der Waals surface area contributed by atoms with Gasteiger partial charge in [-0.3, -0.25) is 0 Å². The summed E-state index contributed by atoms with van der Waals surface area (Å²) in [6, 6.07) is 5.64. The maximum atomic E-state index is 12.0. The first-order valence-electron chi connectivity index (χ1n) is 6.60. The molecule has 0 radical (unpaired) electrons. The summed E-state index contributed by atoms with van der Waals surface area (Å²) in [6.07, 6.45) is 0.873. The Bertz CT molecular complexity index is 481. The quantitative estimate of drug-likeness (QED) is 0.879. The first-order valence-corrected chi connectivity index (χ1v) is 7.39. The number of carbonyl (C=O) groups is 1. The molecule has 1 fully saturated rings. The topological polar surface area (TPSA) is 61.8 Å². The molecule has 0 spiro atoms. The third-order valence-corrected chi connectivity index (χ3v) is 4.11. The second-order valence-electron chi connectivity index (χ2n) is 4.91. The van der Waals surface area contributed by atoms with Crippen LogP contribution in [0.2, 0.25) is 0 Å². The van der Waals surface area contributed by atoms with Crippen LogP contribution in [0.25, 0.3) is 0 Å². The van der Waals surface area contributed by atoms with Crippen molar-refractivity contribution in [1.29, 1.82) is 0 Å². The number of benzene rings is 1. The third kappa shape index (κ3) is 3.64. The van der Waals surface area contributed by atoms with Crippen molar-refractivity contribution in [2.45, 2.75) is 13.0 Å². The van der Waals surface area contributed by atoms with Gasteiger partial charge in [0.15, 0.2) is 0 Å². The predicted molar refractivity (Wildman–Crippen MR) is 79.7 cm³/mol. The first kappa shape index (κ1) is 15.1. The molecule has 1 aromatic rings. The zero-order valence-corrected chi connectivity index (χ0v) is 13.0. The number of aliphatic hydroxyl groups excluding tert-OH is 1. The largest absolute Gasteiger partial charge is 0.496 e. The van der Waals surface area contributed by atoms with Crippen LogP contribution in [0.3, 0.4) is 0 Å². The molecule has 0 bridgehead atoms. The highest BCUT2D eigenvalue weighted by molar-refractivity contribution is 9.10. The zero-order valence-electron chi connectivity index (χ0n) is 11.4. The number of aliphatic hydroxyl groups is 1. The van der Waals surface area contributed by atoms with E-state index in [0.29, 0.717) is 19.6 Å². The summed E-state index contributed by atoms with van der Waals surface area (Å²) >= 11 is 3.42. The number of urea groups is 1. The third-order valence-electron chi connectivity index (χ3n) is 3.49. The van der Waals surface area contributed by atoms with Crippen LogP contribution in [-0.4, -0.2) is 42.8 Å². The van der Waals surface area contributed by atoms with Gasteiger partial charge in [-0.15, -0.1) is 0 Å². The van der Waals surface area contributed by atoms with Crippen molar-refractivity contribution in [2.24, 2.45) is 5.92 Å². The van der Waals surface area contributed by atoms with Gasteiger partial charge >= 0.3 is 6.03 Å². The molecule has 2 amide bonds. The fourth-order valence-electron chi connectivity index (χ4n) is 2.28. The molecular formula is C14H19BrN2O3. The first-order chi connectivity index (χ1) is 9.63. The summed E-state index contributed by atoms with van der Waals surface area (Å²) in [5, 5.41) is 12.0. The van der Waals surface area contributed by atoms with Crippen molar-refractivity contribution in [3.63, 3.8) is 0 Å². The number of hydrogen-bond acceptors (Lipinski definition) is 3. The van der Waals surface area contributed by atoms with Crippen LogP contribution < -0.4 is 10.1 Å². The van der Waals surface area contributed by atoms with Gasteiger partial charge in [0.1, 0.15) is 5.75 Å². The average Bonchev–Trinajstić information content (AvgIpc) is 2.94. The van der Waals surface area contributed by atoms with Crippen LogP contribution in [0.5, 0.6) is 5.75 Å². The van der Waals surface area contributed by atoms with Crippen molar-refractivity contribution in [3.05, 3.63) is 28.2 Å². The van der Waals surface area contributed by atoms with Crippen molar-refractivity contribution < 1.29 is 14.6 Å². The van der Waals surface area contributed by atoms with Crippen LogP contribution in [0.15, 0.2) is 22.7 Å². The summed E-state index contributed by atoms with van der Waals surface area (Å²) in [6.45, 7) is 1.97. The van der Waals surface area contributed by atoms with E-state index in [1.54, 1.807) is 12.0 Å². The molecule has 1 unspecified atom stereocenters. The Hall–Kier alpha value is -1.27. The van der Waals surface area contributed by atoms with Crippen LogP contribution in [0.4, 0.5) is 4.79 Å². The second-order valence-corrected chi connectivity index (χ2v) is 5.77. The standard InChI is InChI=1S/C14H19BrN2O3/c1-20-13-3-2-10(6-12(13)15)7-16-14(19)17-5-4-11(8-17)9-18/h2-3,6,11,18H,4-5,7-9H2,1H3,(H,16,19). The van der Waals surface area contributed by atoms with Crippen molar-refractivity contribution in [2.75, 3.05) is 26.8 Å². The summed E-state index contributed by atoms with van der Waals surface area (Å²) in [5.74, 6) is 0.987. The van der Waals surface area contributed by atoms with Crippen LogP contribution >= 0.6 is 15.9 Å². The number of ether oxygens (including phenoxy) is 1. The van der Waals surface area contributed by atoms with Gasteiger partial charge in [-0.2, -0.15) is 0 Å². The number of rotatable bonds is 4. The number of nitrogens with zero attached hydrogens (tertiary/aromatic N) is 1. The molecule has 6 heteroatoms. The van der Waals surface area contributed by atoms with Crippen LogP contribution in [-0.2, 0) is 6.54 Å². The van der Waals surface area contributed by atoms with Gasteiger partial charge in [0.25, 0.3) is 0 Å². The lowest BCUT2D eigenvalue weighted by molar-refractivity contribution is 0.198. The molecule has 0 saturated carbocycles. The maximum absolute atomic E-state index is 12.0. The number of halogens is 1. The lowest BCUT2D eigenvalue weighted by Crippen LogP contribution is -2.38. The fourth-order valence-corrected chi connectivity index (χ4v) is 2.86. The number of hydrogen-bond donors (Lipinski definition) is 2. The number of carbonyl (C=O) groups excluding carboxylic acids is 1. The highest BCUT2D eigenvalue weighted by Gasteiger charge is 2.25. The van der Waals surface area contributed by atoms with E-state index in [2.05, 4.69) is 21.2 Å². The molecule has 1 aromatic carbocycles. The molecule has 2 N–H and O–H groups in total. The van der Waals surface area contributed by atoms with E-state index in [1.165, 1.54) is 0 Å². The summed E-state index contributed by atoms with van der Waals surface area (Å²) in [4.78, 5) is 13.7. The molecule has 1 aliphatic heterocycles. The van der Waals surface area contributed by atoms with Gasteiger partial charge < -0.3 is 20.1 Å². The average molecular weight is 343 g/mol. The molecule has 110 valence electrons. The summed E-state index contributed by atoms with van der Waals surface area (Å²) in [5.41, 5.74) is 1.00. The van der Waals surface area contributed by atoms with Gasteiger partial charge in [0, 0.05) is 32.2 Å². The van der Waals surface area contributed by atoms with Crippen molar-refractivity contribution in [3.8, 4) is 5.75 Å². The van der Waals surface area contributed by atoms with E-state index >= 15 is 0 Å². The highest BCUT2D eigenvalue weighted by atomic mass is 79.9. The van der Waals surface area contributed by atoms with E-state index < -0.39 is 0 Å². The molecule has 1 heterocycles. The minimum absolute atomic E-state index is 0.0760. The monoisotopic (exact) mass is 342 g/mol. The van der Waals surface area contributed by atoms with Gasteiger partial charge in [0.05, 0.1) is 11.6 Å².